The molecule has 138 valence electrons. The van der Waals surface area contributed by atoms with Crippen molar-refractivity contribution < 1.29 is 14.6 Å². The van der Waals surface area contributed by atoms with Gasteiger partial charge in [-0.05, 0) is 25.0 Å². The van der Waals surface area contributed by atoms with E-state index in [-0.39, 0.29) is 11.7 Å². The Bertz CT molecular complexity index is 742. The Morgan fingerprint density at radius 2 is 1.96 bits per heavy atom. The molecular formula is C20H25N3O3. The molecule has 0 aliphatic carbocycles. The van der Waals surface area contributed by atoms with Crippen LogP contribution < -0.4 is 4.74 Å². The first-order chi connectivity index (χ1) is 12.7. The van der Waals surface area contributed by atoms with Crippen LogP contribution in [0.25, 0.3) is 11.4 Å². The molecule has 1 atom stereocenters. The van der Waals surface area contributed by atoms with Crippen LogP contribution in [0.2, 0.25) is 0 Å². The van der Waals surface area contributed by atoms with Crippen LogP contribution in [0, 0.1) is 0 Å². The minimum Gasteiger partial charge on any atom is -0.496 e. The maximum absolute atomic E-state index is 9.74. The molecule has 6 heteroatoms. The Morgan fingerprint density at radius 3 is 2.62 bits per heavy atom. The van der Waals surface area contributed by atoms with Gasteiger partial charge in [0.25, 0.3) is 0 Å². The first kappa shape index (κ1) is 17.4. The number of rotatable bonds is 4. The summed E-state index contributed by atoms with van der Waals surface area (Å²) in [7, 11) is 1.66. The number of aromatic nitrogens is 2. The van der Waals surface area contributed by atoms with Gasteiger partial charge in [0, 0.05) is 44.0 Å². The van der Waals surface area contributed by atoms with Crippen molar-refractivity contribution in [2.45, 2.75) is 37.5 Å². The summed E-state index contributed by atoms with van der Waals surface area (Å²) in [5.74, 6) is 1.46. The fourth-order valence-electron chi connectivity index (χ4n) is 3.95. The third-order valence-corrected chi connectivity index (χ3v) is 5.42. The van der Waals surface area contributed by atoms with Crippen LogP contribution in [-0.4, -0.2) is 58.5 Å². The second-order valence-corrected chi connectivity index (χ2v) is 7.24. The Morgan fingerprint density at radius 1 is 1.23 bits per heavy atom. The van der Waals surface area contributed by atoms with E-state index in [2.05, 4.69) is 14.9 Å². The Hall–Kier alpha value is -2.02. The van der Waals surface area contributed by atoms with Crippen LogP contribution in [0.15, 0.2) is 36.7 Å². The molecule has 0 bridgehead atoms. The van der Waals surface area contributed by atoms with Crippen molar-refractivity contribution >= 4 is 0 Å². The van der Waals surface area contributed by atoms with Gasteiger partial charge in [0.15, 0.2) is 5.82 Å². The number of nitrogens with zero attached hydrogens (tertiary/aromatic N) is 3. The standard InChI is InChI=1S/C20H25N3O3/c1-25-18-5-3-2-4-17(18)19-21-11-15(12-22-19)13-23-8-6-20(7-9-23)10-16(24)14-26-20/h2-5,11-12,16,24H,6-10,13-14H2,1H3/t16-/m1/s1. The average Bonchev–Trinajstić information content (AvgIpc) is 3.05. The summed E-state index contributed by atoms with van der Waals surface area (Å²) in [4.78, 5) is 11.5. The highest BCUT2D eigenvalue weighted by molar-refractivity contribution is 5.63. The molecule has 26 heavy (non-hydrogen) atoms. The van der Waals surface area contributed by atoms with Gasteiger partial charge in [-0.25, -0.2) is 9.97 Å². The van der Waals surface area contributed by atoms with Crippen molar-refractivity contribution in [3.8, 4) is 17.1 Å². The zero-order valence-corrected chi connectivity index (χ0v) is 15.1. The number of ether oxygens (including phenoxy) is 2. The molecule has 0 radical (unpaired) electrons. The number of aliphatic hydroxyl groups is 1. The summed E-state index contributed by atoms with van der Waals surface area (Å²) < 4.78 is 11.3. The lowest BCUT2D eigenvalue weighted by Gasteiger charge is -2.38. The number of para-hydroxylation sites is 1. The number of hydrogen-bond acceptors (Lipinski definition) is 6. The number of aliphatic hydroxyl groups excluding tert-OH is 1. The molecule has 2 aliphatic heterocycles. The van der Waals surface area contributed by atoms with Gasteiger partial charge in [0.2, 0.25) is 0 Å². The van der Waals surface area contributed by atoms with Crippen LogP contribution in [0.1, 0.15) is 24.8 Å². The zero-order valence-electron chi connectivity index (χ0n) is 15.1. The smallest absolute Gasteiger partial charge is 0.162 e. The maximum Gasteiger partial charge on any atom is 0.162 e. The lowest BCUT2D eigenvalue weighted by Crippen LogP contribution is -2.43. The molecule has 6 nitrogen and oxygen atoms in total. The Kier molecular flexibility index (Phi) is 4.89. The van der Waals surface area contributed by atoms with E-state index in [0.29, 0.717) is 12.4 Å². The van der Waals surface area contributed by atoms with E-state index < -0.39 is 0 Å². The normalized spacial score (nSPS) is 22.6. The summed E-state index contributed by atoms with van der Waals surface area (Å²) >= 11 is 0. The lowest BCUT2D eigenvalue weighted by molar-refractivity contribution is -0.0456. The molecule has 0 unspecified atom stereocenters. The Labute approximate surface area is 153 Å². The summed E-state index contributed by atoms with van der Waals surface area (Å²) in [6, 6.07) is 7.78. The third-order valence-electron chi connectivity index (χ3n) is 5.42. The van der Waals surface area contributed by atoms with E-state index in [4.69, 9.17) is 9.47 Å². The van der Waals surface area contributed by atoms with Gasteiger partial charge in [-0.3, -0.25) is 4.90 Å². The minimum atomic E-state index is -0.294. The van der Waals surface area contributed by atoms with Gasteiger partial charge < -0.3 is 14.6 Å². The molecule has 4 rings (SSSR count). The van der Waals surface area contributed by atoms with Crippen molar-refractivity contribution in [2.75, 3.05) is 26.8 Å². The number of likely N-dealkylation sites (tertiary alicyclic amines) is 1. The first-order valence-corrected chi connectivity index (χ1v) is 9.16. The van der Waals surface area contributed by atoms with Gasteiger partial charge in [-0.1, -0.05) is 12.1 Å². The van der Waals surface area contributed by atoms with E-state index in [1.54, 1.807) is 7.11 Å². The fourth-order valence-corrected chi connectivity index (χ4v) is 3.95. The van der Waals surface area contributed by atoms with E-state index >= 15 is 0 Å². The average molecular weight is 355 g/mol. The SMILES string of the molecule is COc1ccccc1-c1ncc(CN2CCC3(CC2)C[C@@H](O)CO3)cn1. The predicted molar refractivity (Wildman–Crippen MR) is 97.8 cm³/mol. The molecule has 0 amide bonds. The summed E-state index contributed by atoms with van der Waals surface area (Å²) in [6.45, 7) is 3.27. The van der Waals surface area contributed by atoms with Gasteiger partial charge >= 0.3 is 0 Å². The fraction of sp³-hybridized carbons (Fsp3) is 0.500. The highest BCUT2D eigenvalue weighted by Gasteiger charge is 2.42. The van der Waals surface area contributed by atoms with Crippen LogP contribution >= 0.6 is 0 Å². The topological polar surface area (TPSA) is 67.7 Å². The number of methoxy groups -OCH3 is 1. The first-order valence-electron chi connectivity index (χ1n) is 9.16. The van der Waals surface area contributed by atoms with Gasteiger partial charge in [0.05, 0.1) is 31.0 Å². The second-order valence-electron chi connectivity index (χ2n) is 7.24. The van der Waals surface area contributed by atoms with E-state index in [0.717, 1.165) is 55.8 Å². The second kappa shape index (κ2) is 7.31. The van der Waals surface area contributed by atoms with Crippen molar-refractivity contribution in [3.63, 3.8) is 0 Å². The molecule has 1 aromatic carbocycles. The summed E-state index contributed by atoms with van der Waals surface area (Å²) in [5.41, 5.74) is 1.91. The molecule has 1 aromatic heterocycles. The van der Waals surface area contributed by atoms with Crippen LogP contribution in [0.4, 0.5) is 0 Å². The van der Waals surface area contributed by atoms with Gasteiger partial charge in [0.1, 0.15) is 5.75 Å². The van der Waals surface area contributed by atoms with Crippen molar-refractivity contribution in [1.82, 2.24) is 14.9 Å². The van der Waals surface area contributed by atoms with E-state index in [9.17, 15) is 5.11 Å². The van der Waals surface area contributed by atoms with Gasteiger partial charge in [-0.2, -0.15) is 0 Å². The zero-order chi connectivity index (χ0) is 18.0. The number of hydrogen-bond donors (Lipinski definition) is 1. The summed E-state index contributed by atoms with van der Waals surface area (Å²) in [6.07, 6.45) is 6.23. The molecule has 2 aliphatic rings. The van der Waals surface area contributed by atoms with Crippen molar-refractivity contribution in [2.24, 2.45) is 0 Å². The molecule has 2 aromatic rings. The largest absolute Gasteiger partial charge is 0.496 e. The third kappa shape index (κ3) is 3.58. The number of benzene rings is 1. The lowest BCUT2D eigenvalue weighted by atomic mass is 9.88. The van der Waals surface area contributed by atoms with Gasteiger partial charge in [-0.15, -0.1) is 0 Å². The van der Waals surface area contributed by atoms with E-state index in [1.807, 2.05) is 36.7 Å². The Balaban J connectivity index is 1.38. The quantitative estimate of drug-likeness (QED) is 0.907. The van der Waals surface area contributed by atoms with Crippen LogP contribution in [0.5, 0.6) is 5.75 Å². The van der Waals surface area contributed by atoms with Crippen LogP contribution in [0.3, 0.4) is 0 Å². The summed E-state index contributed by atoms with van der Waals surface area (Å²) in [5, 5.41) is 9.74. The highest BCUT2D eigenvalue weighted by atomic mass is 16.5. The van der Waals surface area contributed by atoms with Crippen molar-refractivity contribution in [3.05, 3.63) is 42.2 Å². The number of piperidine rings is 1. The molecule has 0 saturated carbocycles. The highest BCUT2D eigenvalue weighted by Crippen LogP contribution is 2.36. The van der Waals surface area contributed by atoms with E-state index in [1.165, 1.54) is 0 Å². The molecule has 2 fully saturated rings. The molecule has 2 saturated heterocycles. The maximum atomic E-state index is 9.74. The molecule has 1 spiro atoms. The molecular weight excluding hydrogens is 330 g/mol. The monoisotopic (exact) mass is 355 g/mol. The minimum absolute atomic E-state index is 0.0971. The van der Waals surface area contributed by atoms with Crippen LogP contribution in [-0.2, 0) is 11.3 Å². The molecule has 3 heterocycles. The van der Waals surface area contributed by atoms with Crippen molar-refractivity contribution in [1.29, 1.82) is 0 Å². The predicted octanol–water partition coefficient (Wildman–Crippen LogP) is 2.27. The molecule has 1 N–H and O–H groups in total.